The molecule has 2 rings (SSSR count). The molecule has 1 N–H and O–H groups in total. The third kappa shape index (κ3) is 3.93. The van der Waals surface area contributed by atoms with E-state index in [9.17, 15) is 18.4 Å². The number of carboxylic acid groups (broad SMARTS) is 1. The van der Waals surface area contributed by atoms with Gasteiger partial charge in [-0.1, -0.05) is 6.07 Å². The summed E-state index contributed by atoms with van der Waals surface area (Å²) in [5, 5.41) is 9.11. The van der Waals surface area contributed by atoms with E-state index < -0.39 is 23.6 Å². The average Bonchev–Trinajstić information content (AvgIpc) is 2.48. The number of nitrogens with zero attached hydrogens (tertiary/aromatic N) is 1. The molecule has 0 bridgehead atoms. The first-order valence-electron chi connectivity index (χ1n) is 6.53. The predicted octanol–water partition coefficient (Wildman–Crippen LogP) is 1.93. The highest BCUT2D eigenvalue weighted by Gasteiger charge is 2.31. The first kappa shape index (κ1) is 15.8. The smallest absolute Gasteiger partial charge is 0.327 e. The van der Waals surface area contributed by atoms with Crippen LogP contribution in [0.4, 0.5) is 8.78 Å². The minimum atomic E-state index is -1.01. The summed E-state index contributed by atoms with van der Waals surface area (Å²) in [6.07, 6.45) is 0.339. The highest BCUT2D eigenvalue weighted by molar-refractivity contribution is 7.99. The van der Waals surface area contributed by atoms with Gasteiger partial charge in [0.1, 0.15) is 6.04 Å². The molecule has 1 amide bonds. The fourth-order valence-corrected chi connectivity index (χ4v) is 3.24. The molecule has 21 heavy (non-hydrogen) atoms. The molecule has 1 unspecified atom stereocenters. The van der Waals surface area contributed by atoms with E-state index in [0.717, 1.165) is 12.1 Å². The van der Waals surface area contributed by atoms with Crippen LogP contribution in [0.1, 0.15) is 12.0 Å². The van der Waals surface area contributed by atoms with Gasteiger partial charge in [0.25, 0.3) is 0 Å². The lowest BCUT2D eigenvalue weighted by atomic mass is 10.1. The van der Waals surface area contributed by atoms with Crippen molar-refractivity contribution in [2.45, 2.75) is 18.9 Å². The number of hydrogen-bond acceptors (Lipinski definition) is 3. The Kier molecular flexibility index (Phi) is 5.17. The van der Waals surface area contributed by atoms with Crippen LogP contribution in [0.15, 0.2) is 18.2 Å². The van der Waals surface area contributed by atoms with Gasteiger partial charge in [-0.05, 0) is 24.1 Å². The van der Waals surface area contributed by atoms with Crippen LogP contribution in [-0.2, 0) is 16.0 Å². The van der Waals surface area contributed by atoms with Gasteiger partial charge in [-0.15, -0.1) is 0 Å². The average molecular weight is 315 g/mol. The van der Waals surface area contributed by atoms with Crippen molar-refractivity contribution in [2.75, 3.05) is 18.1 Å². The van der Waals surface area contributed by atoms with Crippen molar-refractivity contribution in [3.8, 4) is 0 Å². The monoisotopic (exact) mass is 315 g/mol. The third-order valence-corrected chi connectivity index (χ3v) is 4.37. The van der Waals surface area contributed by atoms with Crippen molar-refractivity contribution in [1.82, 2.24) is 4.90 Å². The molecule has 1 fully saturated rings. The first-order valence-corrected chi connectivity index (χ1v) is 7.68. The summed E-state index contributed by atoms with van der Waals surface area (Å²) < 4.78 is 25.9. The van der Waals surface area contributed by atoms with Crippen LogP contribution in [0.5, 0.6) is 0 Å². The predicted molar refractivity (Wildman–Crippen MR) is 75.1 cm³/mol. The quantitative estimate of drug-likeness (QED) is 0.922. The Morgan fingerprint density at radius 3 is 2.76 bits per heavy atom. The Bertz CT molecular complexity index is 553. The van der Waals surface area contributed by atoms with Crippen molar-refractivity contribution >= 4 is 23.6 Å². The molecule has 7 heteroatoms. The number of benzene rings is 1. The third-order valence-electron chi connectivity index (χ3n) is 3.35. The van der Waals surface area contributed by atoms with Crippen molar-refractivity contribution in [3.05, 3.63) is 35.4 Å². The van der Waals surface area contributed by atoms with Crippen LogP contribution in [0.3, 0.4) is 0 Å². The number of rotatable bonds is 4. The van der Waals surface area contributed by atoms with E-state index in [1.54, 1.807) is 0 Å². The molecule has 0 spiro atoms. The van der Waals surface area contributed by atoms with E-state index in [1.165, 1.54) is 22.7 Å². The molecule has 1 aromatic rings. The molecule has 114 valence electrons. The minimum absolute atomic E-state index is 0.0829. The van der Waals surface area contributed by atoms with Crippen LogP contribution < -0.4 is 0 Å². The normalized spacial score (nSPS) is 18.6. The van der Waals surface area contributed by atoms with Gasteiger partial charge in [-0.2, -0.15) is 11.8 Å². The lowest BCUT2D eigenvalue weighted by Crippen LogP contribution is -2.50. The molecule has 0 aliphatic carbocycles. The maximum Gasteiger partial charge on any atom is 0.327 e. The number of aryl methyl sites for hydroxylation is 1. The number of aliphatic carboxylic acids is 1. The zero-order chi connectivity index (χ0) is 15.4. The molecule has 0 radical (unpaired) electrons. The number of carboxylic acids is 1. The largest absolute Gasteiger partial charge is 0.480 e. The molecule has 1 aliphatic rings. The lowest BCUT2D eigenvalue weighted by Gasteiger charge is -2.32. The second-order valence-corrected chi connectivity index (χ2v) is 5.91. The molecule has 4 nitrogen and oxygen atoms in total. The minimum Gasteiger partial charge on any atom is -0.480 e. The number of amides is 1. The van der Waals surface area contributed by atoms with Crippen LogP contribution >= 0.6 is 11.8 Å². The van der Waals surface area contributed by atoms with Crippen molar-refractivity contribution in [3.63, 3.8) is 0 Å². The summed E-state index contributed by atoms with van der Waals surface area (Å²) in [4.78, 5) is 24.6. The topological polar surface area (TPSA) is 57.6 Å². The zero-order valence-electron chi connectivity index (χ0n) is 11.2. The SMILES string of the molecule is O=C(O)C1CSCCN1C(=O)CCc1ccc(F)c(F)c1. The number of thioether (sulfide) groups is 1. The fraction of sp³-hybridized carbons (Fsp3) is 0.429. The Morgan fingerprint density at radius 1 is 1.33 bits per heavy atom. The van der Waals surface area contributed by atoms with E-state index in [2.05, 4.69) is 0 Å². The summed E-state index contributed by atoms with van der Waals surface area (Å²) in [6.45, 7) is 0.401. The molecular weight excluding hydrogens is 300 g/mol. The van der Waals surface area contributed by atoms with Crippen LogP contribution in [0.2, 0.25) is 0 Å². The van der Waals surface area contributed by atoms with E-state index in [1.807, 2.05) is 0 Å². The van der Waals surface area contributed by atoms with E-state index in [-0.39, 0.29) is 18.7 Å². The maximum absolute atomic E-state index is 13.1. The molecule has 1 saturated heterocycles. The van der Waals surface area contributed by atoms with Crippen LogP contribution in [0.25, 0.3) is 0 Å². The number of carbonyl (C=O) groups excluding carboxylic acids is 1. The second kappa shape index (κ2) is 6.89. The summed E-state index contributed by atoms with van der Waals surface area (Å²) >= 11 is 1.50. The summed E-state index contributed by atoms with van der Waals surface area (Å²) in [5.41, 5.74) is 0.514. The number of carbonyl (C=O) groups is 2. The van der Waals surface area contributed by atoms with E-state index >= 15 is 0 Å². The Labute approximate surface area is 125 Å². The van der Waals surface area contributed by atoms with Gasteiger partial charge in [-0.3, -0.25) is 4.79 Å². The fourth-order valence-electron chi connectivity index (χ4n) is 2.20. The van der Waals surface area contributed by atoms with Gasteiger partial charge in [0.05, 0.1) is 0 Å². The first-order chi connectivity index (χ1) is 9.99. The number of halogens is 2. The highest BCUT2D eigenvalue weighted by Crippen LogP contribution is 2.18. The van der Waals surface area contributed by atoms with Gasteiger partial charge in [0, 0.05) is 24.5 Å². The molecule has 0 saturated carbocycles. The van der Waals surface area contributed by atoms with Gasteiger partial charge in [0.15, 0.2) is 11.6 Å². The van der Waals surface area contributed by atoms with Gasteiger partial charge in [-0.25, -0.2) is 13.6 Å². The van der Waals surface area contributed by atoms with E-state index in [0.29, 0.717) is 23.6 Å². The molecular formula is C14H15F2NO3S. The molecule has 1 aromatic carbocycles. The highest BCUT2D eigenvalue weighted by atomic mass is 32.2. The summed E-state index contributed by atoms with van der Waals surface area (Å²) in [5.74, 6) is -2.06. The maximum atomic E-state index is 13.1. The molecule has 1 aliphatic heterocycles. The molecule has 0 aromatic heterocycles. The lowest BCUT2D eigenvalue weighted by molar-refractivity contribution is -0.149. The second-order valence-electron chi connectivity index (χ2n) is 4.76. The zero-order valence-corrected chi connectivity index (χ0v) is 12.0. The van der Waals surface area contributed by atoms with Gasteiger partial charge in [0.2, 0.25) is 5.91 Å². The molecule has 1 atom stereocenters. The Balaban J connectivity index is 1.96. The Morgan fingerprint density at radius 2 is 2.10 bits per heavy atom. The van der Waals surface area contributed by atoms with Crippen LogP contribution in [-0.4, -0.2) is 46.0 Å². The van der Waals surface area contributed by atoms with Crippen molar-refractivity contribution < 1.29 is 23.5 Å². The van der Waals surface area contributed by atoms with Crippen molar-refractivity contribution in [1.29, 1.82) is 0 Å². The summed E-state index contributed by atoms with van der Waals surface area (Å²) in [6, 6.07) is 2.70. The van der Waals surface area contributed by atoms with Gasteiger partial charge < -0.3 is 10.0 Å². The number of hydrogen-bond donors (Lipinski definition) is 1. The van der Waals surface area contributed by atoms with Crippen LogP contribution in [0, 0.1) is 11.6 Å². The van der Waals surface area contributed by atoms with Crippen molar-refractivity contribution in [2.24, 2.45) is 0 Å². The van der Waals surface area contributed by atoms with E-state index in [4.69, 9.17) is 5.11 Å². The standard InChI is InChI=1S/C14H15F2NO3S/c15-10-3-1-9(7-11(10)16)2-4-13(18)17-5-6-21-8-12(17)14(19)20/h1,3,7,12H,2,4-6,8H2,(H,19,20). The van der Waals surface area contributed by atoms with Gasteiger partial charge >= 0.3 is 5.97 Å². The molecule has 1 heterocycles. The summed E-state index contributed by atoms with van der Waals surface area (Å²) in [7, 11) is 0. The Hall–Kier alpha value is -1.63.